The Balaban J connectivity index is -0.0000000896. The average molecular weight is 230 g/mol. The third-order valence-corrected chi connectivity index (χ3v) is 0.717. The molecule has 0 atom stereocenters. The number of carboxylic acid groups (broad SMARTS) is 2. The number of aliphatic carboxylic acids is 2. The Labute approximate surface area is 125 Å². The number of allylic oxidation sites excluding steroid dienone is 2. The third kappa shape index (κ3) is 39.4. The van der Waals surface area contributed by atoms with Gasteiger partial charge in [0.25, 0.3) is 0 Å². The topological polar surface area (TPSA) is 83.8 Å². The quantitative estimate of drug-likeness (QED) is 0.417. The Morgan fingerprint density at radius 2 is 1.18 bits per heavy atom. The van der Waals surface area contributed by atoms with Crippen LogP contribution in [0.25, 0.3) is 0 Å². The second-order valence-corrected chi connectivity index (χ2v) is 2.52. The van der Waals surface area contributed by atoms with Gasteiger partial charge in [0.2, 0.25) is 0 Å². The Hall–Kier alpha value is -0.845. The van der Waals surface area contributed by atoms with Gasteiger partial charge >= 0.3 is 49.7 Å². The van der Waals surface area contributed by atoms with E-state index >= 15 is 0 Å². The van der Waals surface area contributed by atoms with Gasteiger partial charge in [-0.2, -0.15) is 0 Å². The number of carbonyl (C=O) groups is 2. The molecule has 0 rings (SSSR count). The van der Waals surface area contributed by atoms with E-state index in [-0.39, 0.29) is 37.7 Å². The van der Waals surface area contributed by atoms with Crippen LogP contribution in [0.3, 0.4) is 0 Å². The van der Waals surface area contributed by atoms with Crippen LogP contribution in [0.4, 0.5) is 0 Å². The van der Waals surface area contributed by atoms with Crippen LogP contribution in [0.2, 0.25) is 0 Å². The zero-order valence-corrected chi connectivity index (χ0v) is 8.69. The summed E-state index contributed by atoms with van der Waals surface area (Å²) in [5, 5.41) is 15.6. The molecule has 2 N–H and O–H groups in total. The Morgan fingerprint density at radius 3 is 1.24 bits per heavy atom. The van der Waals surface area contributed by atoms with Crippen LogP contribution in [0, 0.1) is 0 Å². The molecule has 0 aromatic heterocycles. The first-order chi connectivity index (χ1) is 6.75. The molecule has 0 amide bonds. The molecule has 0 radical (unpaired) electrons. The van der Waals surface area contributed by atoms with Gasteiger partial charge in [-0.05, 0) is 13.8 Å². The van der Waals surface area contributed by atoms with E-state index in [1.807, 2.05) is 0 Å². The summed E-state index contributed by atoms with van der Waals surface area (Å²) in [6.45, 7) is 10.6. The molecule has 88 valence electrons. The summed E-state index contributed by atoms with van der Waals surface area (Å²) in [6.07, 6.45) is 1.12. The standard InChI is InChI=1S/C6H10O.C4H4O4.2Li.2H/c1-5(2)7-6(3)4;5-3(6)1-2-4(7)8;;;;/h1,3H2,2,4H3;1-2H,(H,5,6)(H,7,8);;;;/b;2-1-;;;;. The molecule has 0 bridgehead atoms. The summed E-state index contributed by atoms with van der Waals surface area (Å²) < 4.78 is 4.86. The Bertz CT molecular complexity index is 269. The molecule has 0 unspecified atom stereocenters. The molecule has 7 heteroatoms. The number of carboxylic acids is 2. The van der Waals surface area contributed by atoms with Gasteiger partial charge in [-0.15, -0.1) is 0 Å². The molecule has 5 nitrogen and oxygen atoms in total. The van der Waals surface area contributed by atoms with E-state index in [0.717, 1.165) is 0 Å². The zero-order valence-electron chi connectivity index (χ0n) is 8.69. The number of hydrogen-bond acceptors (Lipinski definition) is 3. The molecular formula is C10H16Li2O5. The third-order valence-electron chi connectivity index (χ3n) is 0.717. The molecule has 0 spiro atoms. The van der Waals surface area contributed by atoms with Gasteiger partial charge in [0.1, 0.15) is 0 Å². The predicted molar refractivity (Wildman–Crippen MR) is 69.4 cm³/mol. The molecule has 0 heterocycles. The second-order valence-electron chi connectivity index (χ2n) is 2.52. The molecule has 0 aromatic carbocycles. The van der Waals surface area contributed by atoms with Gasteiger partial charge in [0.05, 0.1) is 11.5 Å². The fourth-order valence-corrected chi connectivity index (χ4v) is 0.440. The molecular weight excluding hydrogens is 214 g/mol. The monoisotopic (exact) mass is 230 g/mol. The van der Waals surface area contributed by atoms with Gasteiger partial charge in [0.15, 0.2) is 0 Å². The van der Waals surface area contributed by atoms with Crippen molar-refractivity contribution >= 4 is 49.7 Å². The van der Waals surface area contributed by atoms with Gasteiger partial charge in [-0.3, -0.25) is 0 Å². The van der Waals surface area contributed by atoms with E-state index in [0.29, 0.717) is 23.7 Å². The van der Waals surface area contributed by atoms with E-state index in [4.69, 9.17) is 14.9 Å². The first-order valence-corrected chi connectivity index (χ1v) is 3.88. The van der Waals surface area contributed by atoms with E-state index in [1.54, 1.807) is 13.8 Å². The zero-order chi connectivity index (χ0) is 12.4. The Kier molecular flexibility index (Phi) is 22.4. The number of ether oxygens (including phenoxy) is 1. The van der Waals surface area contributed by atoms with Crippen LogP contribution in [0.15, 0.2) is 36.8 Å². The van der Waals surface area contributed by atoms with E-state index in [1.165, 1.54) is 0 Å². The first kappa shape index (κ1) is 25.1. The van der Waals surface area contributed by atoms with Crippen LogP contribution in [0.1, 0.15) is 13.8 Å². The summed E-state index contributed by atoms with van der Waals surface area (Å²) in [6, 6.07) is 0. The minimum absolute atomic E-state index is 0. The summed E-state index contributed by atoms with van der Waals surface area (Å²) >= 11 is 0. The predicted octanol–water partition coefficient (Wildman–Crippen LogP) is 0.485. The maximum atomic E-state index is 9.55. The molecule has 0 aliphatic heterocycles. The van der Waals surface area contributed by atoms with Crippen molar-refractivity contribution in [1.82, 2.24) is 0 Å². The summed E-state index contributed by atoms with van der Waals surface area (Å²) in [5.41, 5.74) is 0. The van der Waals surface area contributed by atoms with E-state index < -0.39 is 11.9 Å². The van der Waals surface area contributed by atoms with Gasteiger partial charge in [-0.1, -0.05) is 13.2 Å². The van der Waals surface area contributed by atoms with Gasteiger partial charge in [0, 0.05) is 12.2 Å². The van der Waals surface area contributed by atoms with Crippen LogP contribution >= 0.6 is 0 Å². The van der Waals surface area contributed by atoms with Crippen LogP contribution in [-0.4, -0.2) is 59.9 Å². The van der Waals surface area contributed by atoms with Crippen molar-refractivity contribution in [3.05, 3.63) is 36.8 Å². The fraction of sp³-hybridized carbons (Fsp3) is 0.200. The maximum absolute atomic E-state index is 9.55. The van der Waals surface area contributed by atoms with Crippen molar-refractivity contribution in [3.63, 3.8) is 0 Å². The first-order valence-electron chi connectivity index (χ1n) is 3.88. The van der Waals surface area contributed by atoms with Crippen LogP contribution < -0.4 is 0 Å². The van der Waals surface area contributed by atoms with Crippen molar-refractivity contribution < 1.29 is 24.5 Å². The summed E-state index contributed by atoms with van der Waals surface area (Å²) in [4.78, 5) is 19.1. The van der Waals surface area contributed by atoms with Crippen molar-refractivity contribution in [3.8, 4) is 0 Å². The molecule has 17 heavy (non-hydrogen) atoms. The van der Waals surface area contributed by atoms with Gasteiger partial charge < -0.3 is 14.9 Å². The van der Waals surface area contributed by atoms with Crippen molar-refractivity contribution in [2.24, 2.45) is 0 Å². The molecule has 0 saturated heterocycles. The molecule has 0 aliphatic carbocycles. The normalized spacial score (nSPS) is 7.65. The average Bonchev–Trinajstić information content (AvgIpc) is 1.99. The van der Waals surface area contributed by atoms with E-state index in [2.05, 4.69) is 13.2 Å². The van der Waals surface area contributed by atoms with Crippen LogP contribution in [0.5, 0.6) is 0 Å². The van der Waals surface area contributed by atoms with E-state index in [9.17, 15) is 9.59 Å². The van der Waals surface area contributed by atoms with Crippen LogP contribution in [-0.2, 0) is 14.3 Å². The SMILES string of the molecule is C=C(C)OC(=C)C.O=C(O)/C=C\C(=O)O.[LiH].[LiH]. The van der Waals surface area contributed by atoms with Gasteiger partial charge in [-0.25, -0.2) is 9.59 Å². The second kappa shape index (κ2) is 15.2. The summed E-state index contributed by atoms with van der Waals surface area (Å²) in [7, 11) is 0. The molecule has 0 aliphatic rings. The summed E-state index contributed by atoms with van der Waals surface area (Å²) in [5.74, 6) is -1.14. The molecule has 0 fully saturated rings. The minimum atomic E-state index is -1.26. The van der Waals surface area contributed by atoms with Crippen molar-refractivity contribution in [1.29, 1.82) is 0 Å². The molecule has 0 saturated carbocycles. The number of hydrogen-bond donors (Lipinski definition) is 2. The van der Waals surface area contributed by atoms with Crippen molar-refractivity contribution in [2.75, 3.05) is 0 Å². The fourth-order valence-electron chi connectivity index (χ4n) is 0.440. The Morgan fingerprint density at radius 1 is 0.941 bits per heavy atom. The van der Waals surface area contributed by atoms with Crippen molar-refractivity contribution in [2.45, 2.75) is 13.8 Å². The number of rotatable bonds is 4. The molecule has 0 aromatic rings.